The van der Waals surface area contributed by atoms with Crippen molar-refractivity contribution in [3.05, 3.63) is 48.0 Å². The lowest BCUT2D eigenvalue weighted by molar-refractivity contribution is -0.141. The zero-order valence-corrected chi connectivity index (χ0v) is 16.8. The molecule has 2 amide bonds. The highest BCUT2D eigenvalue weighted by molar-refractivity contribution is 5.90. The van der Waals surface area contributed by atoms with E-state index in [2.05, 4.69) is 17.2 Å². The smallest absolute Gasteiger partial charge is 0.322 e. The van der Waals surface area contributed by atoms with Crippen molar-refractivity contribution in [2.75, 3.05) is 18.5 Å². The summed E-state index contributed by atoms with van der Waals surface area (Å²) in [5.74, 6) is -0.639. The van der Waals surface area contributed by atoms with E-state index in [1.807, 2.05) is 36.4 Å². The minimum Gasteiger partial charge on any atom is -0.481 e. The number of unbranched alkanes of at least 4 members (excludes halogenated alkanes) is 2. The number of carbonyl (C=O) groups is 2. The first-order valence-electron chi connectivity index (χ1n) is 9.73. The summed E-state index contributed by atoms with van der Waals surface area (Å²) in [6, 6.07) is 13.1. The molecule has 0 fully saturated rings. The number of rotatable bonds is 9. The van der Waals surface area contributed by atoms with Crippen molar-refractivity contribution in [3.63, 3.8) is 0 Å². The maximum atomic E-state index is 12.3. The number of urea groups is 1. The molecule has 0 saturated carbocycles. The number of benzene rings is 1. The molecule has 0 saturated heterocycles. The molecule has 0 spiro atoms. The Labute approximate surface area is 166 Å². The van der Waals surface area contributed by atoms with E-state index < -0.39 is 11.9 Å². The minimum absolute atomic E-state index is 0.168. The van der Waals surface area contributed by atoms with Crippen LogP contribution in [0.25, 0.3) is 11.3 Å². The van der Waals surface area contributed by atoms with Gasteiger partial charge in [0, 0.05) is 19.2 Å². The fourth-order valence-corrected chi connectivity index (χ4v) is 2.82. The van der Waals surface area contributed by atoms with E-state index >= 15 is 0 Å². The van der Waals surface area contributed by atoms with Crippen LogP contribution < -0.4 is 10.2 Å². The van der Waals surface area contributed by atoms with Gasteiger partial charge in [-0.1, -0.05) is 57.0 Å². The van der Waals surface area contributed by atoms with E-state index in [0.29, 0.717) is 18.8 Å². The van der Waals surface area contributed by atoms with Gasteiger partial charge in [-0.05, 0) is 30.5 Å². The topological polar surface area (TPSA) is 82.5 Å². The average molecular weight is 383 g/mol. The maximum Gasteiger partial charge on any atom is 0.322 e. The molecule has 0 aliphatic carbocycles. The normalized spacial score (nSPS) is 11.7. The first-order chi connectivity index (χ1) is 13.4. The SMILES string of the molecule is CCCCCNC(=O)N(C)c1cccc(-c2ccc(CC(C)C(=O)O)cc2)n1. The van der Waals surface area contributed by atoms with E-state index in [9.17, 15) is 9.59 Å². The van der Waals surface area contributed by atoms with Crippen LogP contribution in [0.2, 0.25) is 0 Å². The van der Waals surface area contributed by atoms with Crippen LogP contribution >= 0.6 is 0 Å². The van der Waals surface area contributed by atoms with Gasteiger partial charge in [-0.2, -0.15) is 0 Å². The number of hydrogen-bond acceptors (Lipinski definition) is 3. The molecule has 1 atom stereocenters. The molecule has 1 aromatic carbocycles. The Morgan fingerprint density at radius 2 is 1.86 bits per heavy atom. The van der Waals surface area contributed by atoms with Gasteiger partial charge in [-0.3, -0.25) is 9.69 Å². The van der Waals surface area contributed by atoms with E-state index in [-0.39, 0.29) is 6.03 Å². The van der Waals surface area contributed by atoms with Crippen molar-refractivity contribution >= 4 is 17.8 Å². The van der Waals surface area contributed by atoms with Crippen LogP contribution in [0.4, 0.5) is 10.6 Å². The molecule has 2 rings (SSSR count). The van der Waals surface area contributed by atoms with Crippen molar-refractivity contribution < 1.29 is 14.7 Å². The van der Waals surface area contributed by atoms with Gasteiger partial charge < -0.3 is 10.4 Å². The van der Waals surface area contributed by atoms with Gasteiger partial charge in [0.2, 0.25) is 0 Å². The van der Waals surface area contributed by atoms with Crippen LogP contribution in [0, 0.1) is 5.92 Å². The van der Waals surface area contributed by atoms with Crippen LogP contribution in [0.15, 0.2) is 42.5 Å². The van der Waals surface area contributed by atoms with Crippen molar-refractivity contribution in [2.24, 2.45) is 5.92 Å². The highest BCUT2D eigenvalue weighted by atomic mass is 16.4. The lowest BCUT2D eigenvalue weighted by Gasteiger charge is -2.18. The summed E-state index contributed by atoms with van der Waals surface area (Å²) in [6.07, 6.45) is 3.67. The van der Waals surface area contributed by atoms with E-state index in [4.69, 9.17) is 5.11 Å². The van der Waals surface area contributed by atoms with Crippen molar-refractivity contribution in [3.8, 4) is 11.3 Å². The Bertz CT molecular complexity index is 790. The number of amides is 2. The van der Waals surface area contributed by atoms with Gasteiger partial charge in [-0.25, -0.2) is 9.78 Å². The third kappa shape index (κ3) is 6.08. The standard InChI is InChI=1S/C22H29N3O3/c1-4-5-6-14-23-22(28)25(3)20-9-7-8-19(24-20)18-12-10-17(11-13-18)15-16(2)21(26)27/h7-13,16H,4-6,14-15H2,1-3H3,(H,23,28)(H,26,27). The molecule has 0 aliphatic heterocycles. The Hall–Kier alpha value is -2.89. The Balaban J connectivity index is 2.05. The minimum atomic E-state index is -0.797. The van der Waals surface area contributed by atoms with Crippen molar-refractivity contribution in [2.45, 2.75) is 39.5 Å². The Kier molecular flexibility index (Phi) is 7.99. The number of aliphatic carboxylic acids is 1. The number of anilines is 1. The predicted molar refractivity (Wildman–Crippen MR) is 112 cm³/mol. The van der Waals surface area contributed by atoms with Crippen molar-refractivity contribution in [1.82, 2.24) is 10.3 Å². The van der Waals surface area contributed by atoms with Gasteiger partial charge >= 0.3 is 12.0 Å². The third-order valence-corrected chi connectivity index (χ3v) is 4.65. The highest BCUT2D eigenvalue weighted by Gasteiger charge is 2.13. The van der Waals surface area contributed by atoms with Crippen LogP contribution in [-0.4, -0.2) is 35.7 Å². The molecule has 2 N–H and O–H groups in total. The van der Waals surface area contributed by atoms with Crippen molar-refractivity contribution in [1.29, 1.82) is 0 Å². The van der Waals surface area contributed by atoms with Crippen LogP contribution in [0.1, 0.15) is 38.7 Å². The molecule has 28 heavy (non-hydrogen) atoms. The number of carbonyl (C=O) groups excluding carboxylic acids is 1. The lowest BCUT2D eigenvalue weighted by atomic mass is 9.99. The number of carboxylic acid groups (broad SMARTS) is 1. The Morgan fingerprint density at radius 3 is 2.50 bits per heavy atom. The molecule has 0 aliphatic rings. The number of aromatic nitrogens is 1. The van der Waals surface area contributed by atoms with Crippen LogP contribution in [0.5, 0.6) is 0 Å². The molecule has 6 heteroatoms. The number of hydrogen-bond donors (Lipinski definition) is 2. The van der Waals surface area contributed by atoms with Crippen LogP contribution in [-0.2, 0) is 11.2 Å². The molecular weight excluding hydrogens is 354 g/mol. The van der Waals surface area contributed by atoms with Gasteiger partial charge in [0.25, 0.3) is 0 Å². The van der Waals surface area contributed by atoms with Gasteiger partial charge in [0.15, 0.2) is 0 Å². The van der Waals surface area contributed by atoms with E-state index in [0.717, 1.165) is 36.1 Å². The molecule has 1 aromatic heterocycles. The zero-order valence-electron chi connectivity index (χ0n) is 16.8. The molecule has 0 bridgehead atoms. The second-order valence-electron chi connectivity index (χ2n) is 7.02. The van der Waals surface area contributed by atoms with Crippen LogP contribution in [0.3, 0.4) is 0 Å². The summed E-state index contributed by atoms with van der Waals surface area (Å²) in [4.78, 5) is 29.4. The number of carboxylic acids is 1. The molecule has 1 unspecified atom stereocenters. The maximum absolute atomic E-state index is 12.3. The number of nitrogens with one attached hydrogen (secondary N) is 1. The fraction of sp³-hybridized carbons (Fsp3) is 0.409. The quantitative estimate of drug-likeness (QED) is 0.631. The second kappa shape index (κ2) is 10.4. The summed E-state index contributed by atoms with van der Waals surface area (Å²) in [6.45, 7) is 4.49. The highest BCUT2D eigenvalue weighted by Crippen LogP contribution is 2.22. The summed E-state index contributed by atoms with van der Waals surface area (Å²) in [5, 5.41) is 11.9. The zero-order chi connectivity index (χ0) is 20.5. The summed E-state index contributed by atoms with van der Waals surface area (Å²) < 4.78 is 0. The third-order valence-electron chi connectivity index (χ3n) is 4.65. The van der Waals surface area contributed by atoms with Gasteiger partial charge in [0.1, 0.15) is 5.82 Å². The molecule has 1 heterocycles. The van der Waals surface area contributed by atoms with Gasteiger partial charge in [-0.15, -0.1) is 0 Å². The van der Waals surface area contributed by atoms with E-state index in [1.54, 1.807) is 20.0 Å². The lowest BCUT2D eigenvalue weighted by Crippen LogP contribution is -2.38. The summed E-state index contributed by atoms with van der Waals surface area (Å²) >= 11 is 0. The number of pyridine rings is 1. The second-order valence-corrected chi connectivity index (χ2v) is 7.02. The molecule has 2 aromatic rings. The molecule has 6 nitrogen and oxygen atoms in total. The molecular formula is C22H29N3O3. The molecule has 0 radical (unpaired) electrons. The number of nitrogens with zero attached hydrogens (tertiary/aromatic N) is 2. The first kappa shape index (κ1) is 21.4. The monoisotopic (exact) mass is 383 g/mol. The van der Waals surface area contributed by atoms with E-state index in [1.165, 1.54) is 4.90 Å². The first-order valence-corrected chi connectivity index (χ1v) is 9.73. The summed E-state index contributed by atoms with van der Waals surface area (Å²) in [7, 11) is 1.71. The largest absolute Gasteiger partial charge is 0.481 e. The predicted octanol–water partition coefficient (Wildman–Crippen LogP) is 4.35. The average Bonchev–Trinajstić information content (AvgIpc) is 2.71. The van der Waals surface area contributed by atoms with Gasteiger partial charge in [0.05, 0.1) is 11.6 Å². The fourth-order valence-electron chi connectivity index (χ4n) is 2.82. The Morgan fingerprint density at radius 1 is 1.14 bits per heavy atom. The summed E-state index contributed by atoms with van der Waals surface area (Å²) in [5.41, 5.74) is 2.66. The molecule has 150 valence electrons.